The van der Waals surface area contributed by atoms with Crippen molar-refractivity contribution in [2.45, 2.75) is 6.17 Å². The number of para-hydroxylation sites is 1. The molecule has 1 heterocycles. The minimum Gasteiger partial charge on any atom is -0.490 e. The molecule has 0 radical (unpaired) electrons. The first-order valence-corrected chi connectivity index (χ1v) is 7.17. The SMILES string of the molecule is C=CCOc1ccc(C2NC(=O)c3ccccc3N2C)cc1. The van der Waals surface area contributed by atoms with Crippen LogP contribution in [0.1, 0.15) is 22.1 Å². The van der Waals surface area contributed by atoms with E-state index >= 15 is 0 Å². The van der Waals surface area contributed by atoms with Crippen LogP contribution in [0.25, 0.3) is 0 Å². The monoisotopic (exact) mass is 294 g/mol. The van der Waals surface area contributed by atoms with E-state index in [1.54, 1.807) is 6.08 Å². The van der Waals surface area contributed by atoms with E-state index in [4.69, 9.17) is 4.74 Å². The van der Waals surface area contributed by atoms with Crippen LogP contribution in [-0.2, 0) is 0 Å². The fourth-order valence-corrected chi connectivity index (χ4v) is 2.62. The molecule has 1 unspecified atom stereocenters. The van der Waals surface area contributed by atoms with Crippen LogP contribution >= 0.6 is 0 Å². The molecule has 0 saturated carbocycles. The Morgan fingerprint density at radius 2 is 1.95 bits per heavy atom. The molecule has 0 aromatic heterocycles. The van der Waals surface area contributed by atoms with Crippen LogP contribution in [0.3, 0.4) is 0 Å². The molecule has 1 N–H and O–H groups in total. The zero-order valence-corrected chi connectivity index (χ0v) is 12.5. The van der Waals surface area contributed by atoms with E-state index in [9.17, 15) is 4.79 Å². The second kappa shape index (κ2) is 5.93. The number of carbonyl (C=O) groups excluding carboxylic acids is 1. The second-order valence-corrected chi connectivity index (χ2v) is 5.17. The Balaban J connectivity index is 1.86. The number of fused-ring (bicyclic) bond motifs is 1. The van der Waals surface area contributed by atoms with Gasteiger partial charge in [-0.2, -0.15) is 0 Å². The Labute approximate surface area is 130 Å². The third-order valence-corrected chi connectivity index (χ3v) is 3.75. The van der Waals surface area contributed by atoms with E-state index in [0.717, 1.165) is 17.0 Å². The van der Waals surface area contributed by atoms with Gasteiger partial charge in [0.25, 0.3) is 5.91 Å². The van der Waals surface area contributed by atoms with Crippen LogP contribution in [-0.4, -0.2) is 19.6 Å². The van der Waals surface area contributed by atoms with Gasteiger partial charge >= 0.3 is 0 Å². The number of ether oxygens (including phenoxy) is 1. The Kier molecular flexibility index (Phi) is 3.83. The topological polar surface area (TPSA) is 41.6 Å². The summed E-state index contributed by atoms with van der Waals surface area (Å²) in [6.07, 6.45) is 1.52. The van der Waals surface area contributed by atoms with E-state index in [-0.39, 0.29) is 12.1 Å². The molecule has 2 aromatic rings. The first-order valence-electron chi connectivity index (χ1n) is 7.17. The third-order valence-electron chi connectivity index (χ3n) is 3.75. The van der Waals surface area contributed by atoms with E-state index in [1.165, 1.54) is 0 Å². The highest BCUT2D eigenvalue weighted by Crippen LogP contribution is 2.31. The summed E-state index contributed by atoms with van der Waals surface area (Å²) in [6.45, 7) is 4.11. The zero-order chi connectivity index (χ0) is 15.5. The number of benzene rings is 2. The molecule has 22 heavy (non-hydrogen) atoms. The summed E-state index contributed by atoms with van der Waals surface area (Å²) >= 11 is 0. The quantitative estimate of drug-likeness (QED) is 0.881. The number of amides is 1. The molecule has 1 aliphatic rings. The third kappa shape index (κ3) is 2.55. The molecular formula is C18H18N2O2. The van der Waals surface area contributed by atoms with Gasteiger partial charge < -0.3 is 15.0 Å². The van der Waals surface area contributed by atoms with Crippen molar-refractivity contribution in [2.24, 2.45) is 0 Å². The lowest BCUT2D eigenvalue weighted by atomic mass is 10.0. The van der Waals surface area contributed by atoms with Gasteiger partial charge in [0.15, 0.2) is 0 Å². The van der Waals surface area contributed by atoms with Crippen LogP contribution in [0.4, 0.5) is 5.69 Å². The maximum Gasteiger partial charge on any atom is 0.255 e. The van der Waals surface area contributed by atoms with Crippen LogP contribution in [0.15, 0.2) is 61.2 Å². The molecule has 0 bridgehead atoms. The van der Waals surface area contributed by atoms with Gasteiger partial charge in [0.2, 0.25) is 0 Å². The Bertz CT molecular complexity index is 694. The molecule has 1 atom stereocenters. The molecule has 0 spiro atoms. The van der Waals surface area contributed by atoms with Crippen molar-refractivity contribution in [3.8, 4) is 5.75 Å². The average Bonchev–Trinajstić information content (AvgIpc) is 2.57. The Hall–Kier alpha value is -2.75. The van der Waals surface area contributed by atoms with E-state index in [2.05, 4.69) is 16.8 Å². The van der Waals surface area contributed by atoms with Gasteiger partial charge in [-0.05, 0) is 29.8 Å². The summed E-state index contributed by atoms with van der Waals surface area (Å²) < 4.78 is 5.48. The normalized spacial score (nSPS) is 16.7. The molecule has 4 nitrogen and oxygen atoms in total. The van der Waals surface area contributed by atoms with E-state index in [1.807, 2.05) is 55.6 Å². The van der Waals surface area contributed by atoms with Crippen LogP contribution in [0.5, 0.6) is 5.75 Å². The summed E-state index contributed by atoms with van der Waals surface area (Å²) in [5.74, 6) is 0.736. The van der Waals surface area contributed by atoms with Crippen LogP contribution in [0.2, 0.25) is 0 Å². The maximum absolute atomic E-state index is 12.2. The fourth-order valence-electron chi connectivity index (χ4n) is 2.62. The average molecular weight is 294 g/mol. The van der Waals surface area contributed by atoms with E-state index < -0.39 is 0 Å². The second-order valence-electron chi connectivity index (χ2n) is 5.17. The lowest BCUT2D eigenvalue weighted by Crippen LogP contribution is -2.44. The van der Waals surface area contributed by atoms with Gasteiger partial charge in [0.1, 0.15) is 18.5 Å². The van der Waals surface area contributed by atoms with Crippen molar-refractivity contribution >= 4 is 11.6 Å². The molecule has 1 aliphatic heterocycles. The molecule has 0 fully saturated rings. The smallest absolute Gasteiger partial charge is 0.255 e. The summed E-state index contributed by atoms with van der Waals surface area (Å²) in [6, 6.07) is 15.3. The van der Waals surface area contributed by atoms with Crippen LogP contribution < -0.4 is 15.0 Å². The minimum absolute atomic E-state index is 0.0503. The van der Waals surface area contributed by atoms with Gasteiger partial charge in [0, 0.05) is 7.05 Å². The van der Waals surface area contributed by atoms with Gasteiger partial charge in [-0.15, -0.1) is 0 Å². The molecule has 4 heteroatoms. The number of hydrogen-bond acceptors (Lipinski definition) is 3. The highest BCUT2D eigenvalue weighted by molar-refractivity contribution is 6.01. The maximum atomic E-state index is 12.2. The number of anilines is 1. The Morgan fingerprint density at radius 1 is 1.23 bits per heavy atom. The molecule has 3 rings (SSSR count). The predicted molar refractivity (Wildman–Crippen MR) is 87.2 cm³/mol. The fraction of sp³-hybridized carbons (Fsp3) is 0.167. The number of rotatable bonds is 4. The van der Waals surface area contributed by atoms with Crippen molar-refractivity contribution in [3.05, 3.63) is 72.3 Å². The largest absolute Gasteiger partial charge is 0.490 e. The number of nitrogens with zero attached hydrogens (tertiary/aromatic N) is 1. The molecule has 0 saturated heterocycles. The lowest BCUT2D eigenvalue weighted by Gasteiger charge is -2.36. The van der Waals surface area contributed by atoms with Crippen molar-refractivity contribution in [1.82, 2.24) is 5.32 Å². The van der Waals surface area contributed by atoms with Gasteiger partial charge in [-0.1, -0.05) is 36.9 Å². The van der Waals surface area contributed by atoms with Gasteiger partial charge in [-0.25, -0.2) is 0 Å². The molecule has 0 aliphatic carbocycles. The zero-order valence-electron chi connectivity index (χ0n) is 12.5. The summed E-state index contributed by atoms with van der Waals surface area (Å²) in [5.41, 5.74) is 2.65. The summed E-state index contributed by atoms with van der Waals surface area (Å²) in [4.78, 5) is 14.3. The van der Waals surface area contributed by atoms with Crippen molar-refractivity contribution in [1.29, 1.82) is 0 Å². The highest BCUT2D eigenvalue weighted by atomic mass is 16.5. The van der Waals surface area contributed by atoms with Crippen molar-refractivity contribution in [2.75, 3.05) is 18.6 Å². The first kappa shape index (κ1) is 14.2. The lowest BCUT2D eigenvalue weighted by molar-refractivity contribution is 0.0928. The van der Waals surface area contributed by atoms with Gasteiger partial charge in [-0.3, -0.25) is 4.79 Å². The van der Waals surface area contributed by atoms with E-state index in [0.29, 0.717) is 12.2 Å². The minimum atomic E-state index is -0.184. The number of hydrogen-bond donors (Lipinski definition) is 1. The summed E-state index contributed by atoms with van der Waals surface area (Å²) in [5, 5.41) is 3.03. The highest BCUT2D eigenvalue weighted by Gasteiger charge is 2.28. The first-order chi connectivity index (χ1) is 10.7. The number of nitrogens with one attached hydrogen (secondary N) is 1. The molecule has 2 aromatic carbocycles. The standard InChI is InChI=1S/C18H18N2O2/c1-3-12-22-14-10-8-13(9-11-14)17-19-18(21)15-6-4-5-7-16(15)20(17)2/h3-11,17H,1,12H2,2H3,(H,19,21). The number of carbonyl (C=O) groups is 1. The molecule has 1 amide bonds. The van der Waals surface area contributed by atoms with Crippen LogP contribution in [0, 0.1) is 0 Å². The van der Waals surface area contributed by atoms with Crippen molar-refractivity contribution < 1.29 is 9.53 Å². The predicted octanol–water partition coefficient (Wildman–Crippen LogP) is 3.13. The molecule has 112 valence electrons. The Morgan fingerprint density at radius 3 is 2.68 bits per heavy atom. The van der Waals surface area contributed by atoms with Gasteiger partial charge in [0.05, 0.1) is 11.3 Å². The summed E-state index contributed by atoms with van der Waals surface area (Å²) in [7, 11) is 1.98. The molecular weight excluding hydrogens is 276 g/mol. The van der Waals surface area contributed by atoms with Crippen molar-refractivity contribution in [3.63, 3.8) is 0 Å².